The summed E-state index contributed by atoms with van der Waals surface area (Å²) < 4.78 is 5.52. The zero-order chi connectivity index (χ0) is 15.2. The summed E-state index contributed by atoms with van der Waals surface area (Å²) in [6, 6.07) is 5.16. The number of benzene rings is 1. The van der Waals surface area contributed by atoms with Crippen molar-refractivity contribution in [3.05, 3.63) is 28.8 Å². The summed E-state index contributed by atoms with van der Waals surface area (Å²) in [6.07, 6.45) is 8.12. The Balaban J connectivity index is 2.26. The molecule has 2 nitrogen and oxygen atoms in total. The van der Waals surface area contributed by atoms with Gasteiger partial charge in [-0.2, -0.15) is 0 Å². The second-order valence-corrected chi connectivity index (χ2v) is 6.52. The van der Waals surface area contributed by atoms with Crippen molar-refractivity contribution in [2.75, 3.05) is 13.7 Å². The lowest BCUT2D eigenvalue weighted by Gasteiger charge is -2.32. The van der Waals surface area contributed by atoms with Gasteiger partial charge in [-0.05, 0) is 62.3 Å². The molecule has 21 heavy (non-hydrogen) atoms. The van der Waals surface area contributed by atoms with Gasteiger partial charge >= 0.3 is 0 Å². The predicted octanol–water partition coefficient (Wildman–Crippen LogP) is 4.93. The van der Waals surface area contributed by atoms with E-state index in [4.69, 9.17) is 4.74 Å². The Morgan fingerprint density at radius 3 is 2.29 bits per heavy atom. The molecule has 1 saturated carbocycles. The number of nitrogens with one attached hydrogen (secondary N) is 1. The Hall–Kier alpha value is -1.02. The van der Waals surface area contributed by atoms with Crippen LogP contribution in [0, 0.1) is 19.8 Å². The number of aryl methyl sites for hydroxylation is 2. The Bertz CT molecular complexity index is 426. The van der Waals surface area contributed by atoms with Gasteiger partial charge in [-0.3, -0.25) is 0 Å². The molecule has 0 spiro atoms. The summed E-state index contributed by atoms with van der Waals surface area (Å²) in [5, 5.41) is 3.81. The first-order valence-corrected chi connectivity index (χ1v) is 8.55. The van der Waals surface area contributed by atoms with Crippen LogP contribution in [0.1, 0.15) is 68.2 Å². The highest BCUT2D eigenvalue weighted by molar-refractivity contribution is 5.44. The van der Waals surface area contributed by atoms with E-state index in [1.54, 1.807) is 7.11 Å². The molecule has 1 aliphatic carbocycles. The van der Waals surface area contributed by atoms with E-state index in [9.17, 15) is 0 Å². The Morgan fingerprint density at radius 1 is 1.14 bits per heavy atom. The second-order valence-electron chi connectivity index (χ2n) is 6.52. The average molecular weight is 289 g/mol. The van der Waals surface area contributed by atoms with Crippen molar-refractivity contribution in [3.8, 4) is 5.75 Å². The molecule has 1 unspecified atom stereocenters. The van der Waals surface area contributed by atoms with Gasteiger partial charge in [0.1, 0.15) is 5.75 Å². The number of methoxy groups -OCH3 is 1. The van der Waals surface area contributed by atoms with E-state index < -0.39 is 0 Å². The molecular weight excluding hydrogens is 258 g/mol. The van der Waals surface area contributed by atoms with Crippen molar-refractivity contribution in [2.45, 2.75) is 65.3 Å². The molecule has 1 fully saturated rings. The third-order valence-corrected chi connectivity index (χ3v) is 4.78. The fraction of sp³-hybridized carbons (Fsp3) is 0.684. The van der Waals surface area contributed by atoms with Crippen molar-refractivity contribution in [2.24, 2.45) is 5.92 Å². The molecule has 0 saturated heterocycles. The van der Waals surface area contributed by atoms with E-state index in [0.29, 0.717) is 6.04 Å². The molecule has 0 bridgehead atoms. The molecule has 1 aromatic carbocycles. The van der Waals surface area contributed by atoms with Gasteiger partial charge in [0.2, 0.25) is 0 Å². The van der Waals surface area contributed by atoms with Gasteiger partial charge in [0.25, 0.3) is 0 Å². The van der Waals surface area contributed by atoms with Crippen LogP contribution in [0.5, 0.6) is 5.75 Å². The zero-order valence-corrected chi connectivity index (χ0v) is 14.2. The third kappa shape index (κ3) is 4.00. The van der Waals surface area contributed by atoms with Gasteiger partial charge < -0.3 is 10.1 Å². The first-order valence-electron chi connectivity index (χ1n) is 8.55. The van der Waals surface area contributed by atoms with E-state index in [1.807, 2.05) is 0 Å². The van der Waals surface area contributed by atoms with Crippen LogP contribution in [0.3, 0.4) is 0 Å². The van der Waals surface area contributed by atoms with E-state index >= 15 is 0 Å². The lowest BCUT2D eigenvalue weighted by Crippen LogP contribution is -2.30. The molecule has 0 radical (unpaired) electrons. The number of ether oxygens (including phenoxy) is 1. The number of hydrogen-bond acceptors (Lipinski definition) is 2. The Labute approximate surface area is 130 Å². The van der Waals surface area contributed by atoms with E-state index in [-0.39, 0.29) is 0 Å². The quantitative estimate of drug-likeness (QED) is 0.801. The van der Waals surface area contributed by atoms with Crippen molar-refractivity contribution in [1.29, 1.82) is 0 Å². The molecule has 1 N–H and O–H groups in total. The van der Waals surface area contributed by atoms with Gasteiger partial charge in [-0.25, -0.2) is 0 Å². The van der Waals surface area contributed by atoms with Crippen molar-refractivity contribution < 1.29 is 4.74 Å². The normalized spacial score (nSPS) is 17.7. The van der Waals surface area contributed by atoms with Crippen LogP contribution < -0.4 is 10.1 Å². The molecule has 2 rings (SSSR count). The summed E-state index contributed by atoms with van der Waals surface area (Å²) in [7, 11) is 1.77. The van der Waals surface area contributed by atoms with E-state index in [0.717, 1.165) is 18.2 Å². The molecule has 0 aliphatic heterocycles. The lowest BCUT2D eigenvalue weighted by atomic mass is 9.80. The molecule has 1 atom stereocenters. The molecule has 0 heterocycles. The predicted molar refractivity (Wildman–Crippen MR) is 90.1 cm³/mol. The topological polar surface area (TPSA) is 21.3 Å². The monoisotopic (exact) mass is 289 g/mol. The second kappa shape index (κ2) is 7.84. The van der Waals surface area contributed by atoms with E-state index in [2.05, 4.69) is 38.2 Å². The SMILES string of the molecule is CCCNC(c1cc(C)c(OC)c(C)c1)C1CCCCC1. The van der Waals surface area contributed by atoms with Crippen LogP contribution in [0.4, 0.5) is 0 Å². The average Bonchev–Trinajstić information content (AvgIpc) is 2.48. The smallest absolute Gasteiger partial charge is 0.124 e. The summed E-state index contributed by atoms with van der Waals surface area (Å²) in [5.74, 6) is 1.83. The summed E-state index contributed by atoms with van der Waals surface area (Å²) in [5.41, 5.74) is 3.96. The molecule has 118 valence electrons. The van der Waals surface area contributed by atoms with E-state index in [1.165, 1.54) is 55.2 Å². The third-order valence-electron chi connectivity index (χ3n) is 4.78. The lowest BCUT2D eigenvalue weighted by molar-refractivity contribution is 0.271. The highest BCUT2D eigenvalue weighted by atomic mass is 16.5. The molecule has 0 aromatic heterocycles. The fourth-order valence-corrected chi connectivity index (χ4v) is 3.81. The van der Waals surface area contributed by atoms with Crippen LogP contribution in [0.25, 0.3) is 0 Å². The highest BCUT2D eigenvalue weighted by Gasteiger charge is 2.25. The number of rotatable bonds is 6. The van der Waals surface area contributed by atoms with Gasteiger partial charge in [0.05, 0.1) is 7.11 Å². The van der Waals surface area contributed by atoms with Crippen molar-refractivity contribution >= 4 is 0 Å². The van der Waals surface area contributed by atoms with Crippen LogP contribution in [-0.2, 0) is 0 Å². The van der Waals surface area contributed by atoms with Gasteiger partial charge in [0.15, 0.2) is 0 Å². The molecule has 0 amide bonds. The summed E-state index contributed by atoms with van der Waals surface area (Å²) in [4.78, 5) is 0. The van der Waals surface area contributed by atoms with Crippen LogP contribution in [0.2, 0.25) is 0 Å². The van der Waals surface area contributed by atoms with Gasteiger partial charge in [-0.15, -0.1) is 0 Å². The van der Waals surface area contributed by atoms with Crippen LogP contribution >= 0.6 is 0 Å². The highest BCUT2D eigenvalue weighted by Crippen LogP contribution is 2.36. The maximum Gasteiger partial charge on any atom is 0.124 e. The zero-order valence-electron chi connectivity index (χ0n) is 14.2. The van der Waals surface area contributed by atoms with Crippen molar-refractivity contribution in [3.63, 3.8) is 0 Å². The Kier molecular flexibility index (Phi) is 6.10. The maximum atomic E-state index is 5.52. The summed E-state index contributed by atoms with van der Waals surface area (Å²) >= 11 is 0. The number of hydrogen-bond donors (Lipinski definition) is 1. The first kappa shape index (κ1) is 16.4. The summed E-state index contributed by atoms with van der Waals surface area (Å²) in [6.45, 7) is 7.67. The van der Waals surface area contributed by atoms with Crippen molar-refractivity contribution in [1.82, 2.24) is 5.32 Å². The fourth-order valence-electron chi connectivity index (χ4n) is 3.81. The molecule has 2 heteroatoms. The minimum Gasteiger partial charge on any atom is -0.496 e. The minimum atomic E-state index is 0.508. The van der Waals surface area contributed by atoms with Gasteiger partial charge in [0, 0.05) is 6.04 Å². The largest absolute Gasteiger partial charge is 0.496 e. The first-order chi connectivity index (χ1) is 10.2. The Morgan fingerprint density at radius 2 is 1.76 bits per heavy atom. The minimum absolute atomic E-state index is 0.508. The van der Waals surface area contributed by atoms with Gasteiger partial charge in [-0.1, -0.05) is 38.3 Å². The molecule has 1 aliphatic rings. The van der Waals surface area contributed by atoms with Crippen LogP contribution in [0.15, 0.2) is 12.1 Å². The standard InChI is InChI=1S/C19H31NO/c1-5-11-20-18(16-9-7-6-8-10-16)17-12-14(2)19(21-4)15(3)13-17/h12-13,16,18,20H,5-11H2,1-4H3. The van der Waals surface area contributed by atoms with Crippen LogP contribution in [-0.4, -0.2) is 13.7 Å². The molecule has 1 aromatic rings. The maximum absolute atomic E-state index is 5.52. The molecular formula is C19H31NO.